The van der Waals surface area contributed by atoms with Gasteiger partial charge in [-0.15, -0.1) is 0 Å². The van der Waals surface area contributed by atoms with Crippen molar-refractivity contribution < 1.29 is 9.18 Å². The molecule has 0 heterocycles. The number of nitrogens with zero attached hydrogens (tertiary/aromatic N) is 1. The van der Waals surface area contributed by atoms with Crippen LogP contribution in [0.1, 0.15) is 21.5 Å². The highest BCUT2D eigenvalue weighted by Gasteiger charge is 2.18. The molecule has 0 aliphatic rings. The van der Waals surface area contributed by atoms with Crippen molar-refractivity contribution in [3.8, 4) is 0 Å². The number of halogens is 2. The smallest absolute Gasteiger partial charge is 0.261 e. The molecule has 2 nitrogen and oxygen atoms in total. The van der Waals surface area contributed by atoms with Crippen LogP contribution in [0.2, 0.25) is 0 Å². The van der Waals surface area contributed by atoms with Crippen molar-refractivity contribution in [1.29, 1.82) is 0 Å². The summed E-state index contributed by atoms with van der Waals surface area (Å²) in [4.78, 5) is 13.9. The van der Waals surface area contributed by atoms with Crippen LogP contribution in [0.3, 0.4) is 0 Å². The van der Waals surface area contributed by atoms with E-state index in [1.807, 2.05) is 32.0 Å². The van der Waals surface area contributed by atoms with Crippen molar-refractivity contribution in [2.45, 2.75) is 13.8 Å². The van der Waals surface area contributed by atoms with Crippen LogP contribution in [0.4, 0.5) is 10.1 Å². The molecule has 1 amide bonds. The van der Waals surface area contributed by atoms with Crippen molar-refractivity contribution in [3.63, 3.8) is 0 Å². The fourth-order valence-electron chi connectivity index (χ4n) is 2.10. The van der Waals surface area contributed by atoms with E-state index in [1.165, 1.54) is 17.0 Å². The van der Waals surface area contributed by atoms with E-state index >= 15 is 0 Å². The summed E-state index contributed by atoms with van der Waals surface area (Å²) < 4.78 is 14.5. The van der Waals surface area contributed by atoms with Crippen LogP contribution < -0.4 is 4.90 Å². The van der Waals surface area contributed by atoms with Crippen molar-refractivity contribution >= 4 is 27.5 Å². The maximum absolute atomic E-state index is 13.8. The zero-order valence-corrected chi connectivity index (χ0v) is 13.2. The Balaban J connectivity index is 2.39. The van der Waals surface area contributed by atoms with Crippen LogP contribution in [-0.4, -0.2) is 13.0 Å². The first kappa shape index (κ1) is 14.7. The topological polar surface area (TPSA) is 20.3 Å². The molecule has 0 aromatic heterocycles. The number of carbonyl (C=O) groups is 1. The normalized spacial score (nSPS) is 10.4. The lowest BCUT2D eigenvalue weighted by Crippen LogP contribution is -2.27. The molecule has 4 heteroatoms. The standard InChI is InChI=1S/C16H15BrFNO/c1-10-6-11(2)8-13(7-10)19(3)16(20)14-9-12(17)4-5-15(14)18/h4-9H,1-3H3. The Morgan fingerprint density at radius 2 is 1.70 bits per heavy atom. The van der Waals surface area contributed by atoms with E-state index in [1.54, 1.807) is 13.1 Å². The van der Waals surface area contributed by atoms with Gasteiger partial charge in [-0.05, 0) is 55.3 Å². The molecule has 2 aromatic carbocycles. The van der Waals surface area contributed by atoms with Crippen LogP contribution in [0.5, 0.6) is 0 Å². The summed E-state index contributed by atoms with van der Waals surface area (Å²) in [7, 11) is 1.65. The molecule has 0 N–H and O–H groups in total. The molecule has 0 atom stereocenters. The van der Waals surface area contributed by atoms with Crippen molar-refractivity contribution in [2.24, 2.45) is 0 Å². The van der Waals surface area contributed by atoms with Gasteiger partial charge in [-0.2, -0.15) is 0 Å². The molecule has 104 valence electrons. The molecular weight excluding hydrogens is 321 g/mol. The van der Waals surface area contributed by atoms with Gasteiger partial charge in [0.05, 0.1) is 5.56 Å². The molecule has 0 spiro atoms. The predicted molar refractivity (Wildman–Crippen MR) is 82.7 cm³/mol. The average Bonchev–Trinajstić information content (AvgIpc) is 2.38. The summed E-state index contributed by atoms with van der Waals surface area (Å²) >= 11 is 3.26. The van der Waals surface area contributed by atoms with Gasteiger partial charge >= 0.3 is 0 Å². The van der Waals surface area contributed by atoms with Crippen LogP contribution >= 0.6 is 15.9 Å². The quantitative estimate of drug-likeness (QED) is 0.792. The minimum Gasteiger partial charge on any atom is -0.311 e. The van der Waals surface area contributed by atoms with Gasteiger partial charge in [0.15, 0.2) is 0 Å². The highest BCUT2D eigenvalue weighted by molar-refractivity contribution is 9.10. The summed E-state index contributed by atoms with van der Waals surface area (Å²) in [5.74, 6) is -0.886. The van der Waals surface area contributed by atoms with E-state index in [4.69, 9.17) is 0 Å². The van der Waals surface area contributed by atoms with Crippen molar-refractivity contribution in [1.82, 2.24) is 0 Å². The number of benzene rings is 2. The first-order chi connectivity index (χ1) is 9.38. The number of hydrogen-bond acceptors (Lipinski definition) is 1. The fraction of sp³-hybridized carbons (Fsp3) is 0.188. The molecule has 2 rings (SSSR count). The molecular formula is C16H15BrFNO. The molecule has 0 unspecified atom stereocenters. The fourth-order valence-corrected chi connectivity index (χ4v) is 2.46. The molecule has 20 heavy (non-hydrogen) atoms. The van der Waals surface area contributed by atoms with E-state index in [9.17, 15) is 9.18 Å². The van der Waals surface area contributed by atoms with Crippen molar-refractivity contribution in [3.05, 3.63) is 63.4 Å². The summed E-state index contributed by atoms with van der Waals surface area (Å²) in [5, 5.41) is 0. The Morgan fingerprint density at radius 3 is 2.30 bits per heavy atom. The van der Waals surface area contributed by atoms with Gasteiger partial charge in [-0.3, -0.25) is 4.79 Å². The first-order valence-electron chi connectivity index (χ1n) is 6.20. The minimum absolute atomic E-state index is 0.0565. The molecule has 0 aliphatic heterocycles. The molecule has 0 bridgehead atoms. The molecule has 0 fully saturated rings. The van der Waals surface area contributed by atoms with Crippen molar-refractivity contribution in [2.75, 3.05) is 11.9 Å². The third-order valence-electron chi connectivity index (χ3n) is 3.06. The zero-order chi connectivity index (χ0) is 14.9. The van der Waals surface area contributed by atoms with E-state index < -0.39 is 5.82 Å². The van der Waals surface area contributed by atoms with Gasteiger partial charge < -0.3 is 4.90 Å². The molecule has 0 aliphatic carbocycles. The summed E-state index contributed by atoms with van der Waals surface area (Å²) in [6, 6.07) is 10.2. The maximum Gasteiger partial charge on any atom is 0.261 e. The second-order valence-electron chi connectivity index (χ2n) is 4.83. The van der Waals surface area contributed by atoms with E-state index in [2.05, 4.69) is 15.9 Å². The molecule has 0 radical (unpaired) electrons. The van der Waals surface area contributed by atoms with E-state index in [0.29, 0.717) is 4.47 Å². The van der Waals surface area contributed by atoms with E-state index in [0.717, 1.165) is 16.8 Å². The Labute approximate surface area is 126 Å². The number of aryl methyl sites for hydroxylation is 2. The summed E-state index contributed by atoms with van der Waals surface area (Å²) in [6.45, 7) is 3.93. The SMILES string of the molecule is Cc1cc(C)cc(N(C)C(=O)c2cc(Br)ccc2F)c1. The van der Waals surface area contributed by atoms with Gasteiger partial charge in [0.1, 0.15) is 5.82 Å². The van der Waals surface area contributed by atoms with Crippen LogP contribution in [0.15, 0.2) is 40.9 Å². The second-order valence-corrected chi connectivity index (χ2v) is 5.75. The van der Waals surface area contributed by atoms with Crippen LogP contribution in [0, 0.1) is 19.7 Å². The van der Waals surface area contributed by atoms with Gasteiger partial charge in [0.2, 0.25) is 0 Å². The highest BCUT2D eigenvalue weighted by atomic mass is 79.9. The predicted octanol–water partition coefficient (Wildman–Crippen LogP) is 4.48. The monoisotopic (exact) mass is 335 g/mol. The van der Waals surface area contributed by atoms with Gasteiger partial charge in [0, 0.05) is 17.2 Å². The molecule has 0 saturated carbocycles. The van der Waals surface area contributed by atoms with Crippen LogP contribution in [-0.2, 0) is 0 Å². The lowest BCUT2D eigenvalue weighted by Gasteiger charge is -2.19. The minimum atomic E-state index is -0.519. The number of anilines is 1. The largest absolute Gasteiger partial charge is 0.311 e. The Kier molecular flexibility index (Phi) is 4.23. The maximum atomic E-state index is 13.8. The lowest BCUT2D eigenvalue weighted by atomic mass is 10.1. The van der Waals surface area contributed by atoms with Gasteiger partial charge in [-0.1, -0.05) is 22.0 Å². The third-order valence-corrected chi connectivity index (χ3v) is 3.55. The summed E-state index contributed by atoms with van der Waals surface area (Å²) in [6.07, 6.45) is 0. The summed E-state index contributed by atoms with van der Waals surface area (Å²) in [5.41, 5.74) is 2.94. The van der Waals surface area contributed by atoms with E-state index in [-0.39, 0.29) is 11.5 Å². The Morgan fingerprint density at radius 1 is 1.10 bits per heavy atom. The molecule has 2 aromatic rings. The molecule has 0 saturated heterocycles. The zero-order valence-electron chi connectivity index (χ0n) is 11.6. The number of amides is 1. The van der Waals surface area contributed by atoms with Gasteiger partial charge in [-0.25, -0.2) is 4.39 Å². The lowest BCUT2D eigenvalue weighted by molar-refractivity contribution is 0.0989. The Bertz CT molecular complexity index is 649. The number of rotatable bonds is 2. The third kappa shape index (κ3) is 3.07. The first-order valence-corrected chi connectivity index (χ1v) is 6.99. The van der Waals surface area contributed by atoms with Crippen LogP contribution in [0.25, 0.3) is 0 Å². The number of hydrogen-bond donors (Lipinski definition) is 0. The number of carbonyl (C=O) groups excluding carboxylic acids is 1. The van der Waals surface area contributed by atoms with Gasteiger partial charge in [0.25, 0.3) is 5.91 Å². The second kappa shape index (κ2) is 5.75. The average molecular weight is 336 g/mol. The Hall–Kier alpha value is -1.68. The highest BCUT2D eigenvalue weighted by Crippen LogP contribution is 2.22.